The number of anilines is 1. The molecule has 2 N–H and O–H groups in total. The Kier molecular flexibility index (Phi) is 6.03. The molecular formula is C20H30N2O2. The lowest BCUT2D eigenvalue weighted by atomic mass is 9.90. The molecule has 1 fully saturated rings. The summed E-state index contributed by atoms with van der Waals surface area (Å²) in [5.74, 6) is -0.424. The maximum atomic E-state index is 12.8. The number of hydrogen-bond acceptors (Lipinski definition) is 2. The minimum atomic E-state index is -1.09. The molecule has 2 rings (SSSR count). The van der Waals surface area contributed by atoms with Gasteiger partial charge in [-0.05, 0) is 50.7 Å². The minimum absolute atomic E-state index is 0.182. The first-order valence-corrected chi connectivity index (χ1v) is 9.13. The lowest BCUT2D eigenvalue weighted by molar-refractivity contribution is -0.138. The molecule has 1 aromatic carbocycles. The fourth-order valence-electron chi connectivity index (χ4n) is 3.21. The van der Waals surface area contributed by atoms with E-state index in [1.165, 1.54) is 0 Å². The molecule has 1 aliphatic rings. The summed E-state index contributed by atoms with van der Waals surface area (Å²) in [6.45, 7) is 7.55. The summed E-state index contributed by atoms with van der Waals surface area (Å²) >= 11 is 0. The van der Waals surface area contributed by atoms with E-state index in [-0.39, 0.29) is 17.9 Å². The smallest absolute Gasteiger partial charge is 0.239 e. The Hall–Kier alpha value is -1.84. The van der Waals surface area contributed by atoms with Crippen molar-refractivity contribution < 1.29 is 9.59 Å². The van der Waals surface area contributed by atoms with Crippen molar-refractivity contribution in [2.75, 3.05) is 5.32 Å². The van der Waals surface area contributed by atoms with Crippen molar-refractivity contribution in [3.63, 3.8) is 0 Å². The molecule has 4 nitrogen and oxygen atoms in total. The van der Waals surface area contributed by atoms with Crippen LogP contribution in [0.15, 0.2) is 18.2 Å². The van der Waals surface area contributed by atoms with Crippen LogP contribution >= 0.6 is 0 Å². The van der Waals surface area contributed by atoms with E-state index >= 15 is 0 Å². The van der Waals surface area contributed by atoms with Gasteiger partial charge in [0.15, 0.2) is 0 Å². The number of carbonyl (C=O) groups is 2. The number of hydrogen-bond donors (Lipinski definition) is 2. The zero-order chi connectivity index (χ0) is 17.7. The molecule has 1 saturated carbocycles. The van der Waals surface area contributed by atoms with Crippen LogP contribution in [0.3, 0.4) is 0 Å². The van der Waals surface area contributed by atoms with Crippen LogP contribution in [0, 0.1) is 5.41 Å². The van der Waals surface area contributed by atoms with E-state index in [0.29, 0.717) is 0 Å². The second kappa shape index (κ2) is 7.82. The lowest BCUT2D eigenvalue weighted by Gasteiger charge is -2.26. The van der Waals surface area contributed by atoms with Crippen molar-refractivity contribution >= 4 is 17.5 Å². The average Bonchev–Trinajstić information content (AvgIpc) is 3.07. The van der Waals surface area contributed by atoms with Gasteiger partial charge in [-0.3, -0.25) is 9.59 Å². The fraction of sp³-hybridized carbons (Fsp3) is 0.600. The maximum Gasteiger partial charge on any atom is 0.239 e. The zero-order valence-electron chi connectivity index (χ0n) is 15.4. The van der Waals surface area contributed by atoms with E-state index < -0.39 is 5.41 Å². The Labute approximate surface area is 145 Å². The first kappa shape index (κ1) is 18.5. The number of amides is 2. The Bertz CT molecular complexity index is 579. The summed E-state index contributed by atoms with van der Waals surface area (Å²) in [6, 6.07) is 6.30. The molecule has 0 spiro atoms. The highest BCUT2D eigenvalue weighted by Gasteiger charge is 2.37. The monoisotopic (exact) mass is 330 g/mol. The normalized spacial score (nSPS) is 15.3. The second-order valence-corrected chi connectivity index (χ2v) is 7.19. The highest BCUT2D eigenvalue weighted by molar-refractivity contribution is 6.10. The van der Waals surface area contributed by atoms with Gasteiger partial charge in [0.2, 0.25) is 11.8 Å². The van der Waals surface area contributed by atoms with Gasteiger partial charge >= 0.3 is 0 Å². The fourth-order valence-corrected chi connectivity index (χ4v) is 3.21. The van der Waals surface area contributed by atoms with E-state index in [0.717, 1.165) is 55.3 Å². The van der Waals surface area contributed by atoms with Crippen LogP contribution in [-0.4, -0.2) is 17.9 Å². The Balaban J connectivity index is 2.14. The van der Waals surface area contributed by atoms with Crippen molar-refractivity contribution in [3.05, 3.63) is 29.3 Å². The van der Waals surface area contributed by atoms with Crippen molar-refractivity contribution in [1.29, 1.82) is 0 Å². The van der Waals surface area contributed by atoms with Gasteiger partial charge < -0.3 is 10.6 Å². The first-order valence-electron chi connectivity index (χ1n) is 9.13. The molecule has 0 aromatic heterocycles. The molecule has 0 unspecified atom stereocenters. The Morgan fingerprint density at radius 1 is 1.04 bits per heavy atom. The molecule has 0 heterocycles. The van der Waals surface area contributed by atoms with Gasteiger partial charge in [0.25, 0.3) is 0 Å². The van der Waals surface area contributed by atoms with Crippen LogP contribution in [0.1, 0.15) is 64.5 Å². The molecule has 1 aliphatic carbocycles. The molecular weight excluding hydrogens is 300 g/mol. The molecule has 1 aromatic rings. The second-order valence-electron chi connectivity index (χ2n) is 7.19. The summed E-state index contributed by atoms with van der Waals surface area (Å²) in [7, 11) is 0. The van der Waals surface area contributed by atoms with Gasteiger partial charge in [-0.15, -0.1) is 0 Å². The largest absolute Gasteiger partial charge is 0.352 e. The van der Waals surface area contributed by atoms with Gasteiger partial charge in [0.1, 0.15) is 5.41 Å². The van der Waals surface area contributed by atoms with Crippen molar-refractivity contribution in [2.24, 2.45) is 5.41 Å². The summed E-state index contributed by atoms with van der Waals surface area (Å²) in [5, 5.41) is 6.07. The highest BCUT2D eigenvalue weighted by atomic mass is 16.2. The van der Waals surface area contributed by atoms with E-state index in [9.17, 15) is 9.59 Å². The quantitative estimate of drug-likeness (QED) is 0.779. The van der Waals surface area contributed by atoms with Crippen molar-refractivity contribution in [3.8, 4) is 0 Å². The lowest BCUT2D eigenvalue weighted by Crippen LogP contribution is -2.48. The van der Waals surface area contributed by atoms with Crippen LogP contribution in [0.4, 0.5) is 5.69 Å². The summed E-state index contributed by atoms with van der Waals surface area (Å²) < 4.78 is 0. The molecule has 0 atom stereocenters. The Morgan fingerprint density at radius 2 is 1.58 bits per heavy atom. The van der Waals surface area contributed by atoms with E-state index in [1.807, 2.05) is 18.2 Å². The predicted molar refractivity (Wildman–Crippen MR) is 98.0 cm³/mol. The Morgan fingerprint density at radius 3 is 2.08 bits per heavy atom. The van der Waals surface area contributed by atoms with Crippen LogP contribution in [0.2, 0.25) is 0 Å². The van der Waals surface area contributed by atoms with Crippen LogP contribution in [0.25, 0.3) is 0 Å². The van der Waals surface area contributed by atoms with Gasteiger partial charge in [0.05, 0.1) is 0 Å². The highest BCUT2D eigenvalue weighted by Crippen LogP contribution is 2.27. The van der Waals surface area contributed by atoms with E-state index in [4.69, 9.17) is 0 Å². The topological polar surface area (TPSA) is 58.2 Å². The average molecular weight is 330 g/mol. The van der Waals surface area contributed by atoms with E-state index in [1.54, 1.807) is 13.8 Å². The summed E-state index contributed by atoms with van der Waals surface area (Å²) in [6.07, 6.45) is 6.03. The molecule has 24 heavy (non-hydrogen) atoms. The molecule has 0 aliphatic heterocycles. The number of para-hydroxylation sites is 1. The predicted octanol–water partition coefficient (Wildman–Crippen LogP) is 3.83. The summed E-state index contributed by atoms with van der Waals surface area (Å²) in [4.78, 5) is 25.4. The maximum absolute atomic E-state index is 12.8. The first-order chi connectivity index (χ1) is 11.4. The molecule has 4 heteroatoms. The molecule has 0 bridgehead atoms. The number of rotatable bonds is 6. The number of benzene rings is 1. The van der Waals surface area contributed by atoms with Crippen molar-refractivity contribution in [1.82, 2.24) is 5.32 Å². The number of nitrogens with one attached hydrogen (secondary N) is 2. The molecule has 132 valence electrons. The molecule has 0 saturated heterocycles. The third-order valence-corrected chi connectivity index (χ3v) is 5.06. The number of aryl methyl sites for hydroxylation is 2. The van der Waals surface area contributed by atoms with Gasteiger partial charge in [-0.2, -0.15) is 0 Å². The summed E-state index contributed by atoms with van der Waals surface area (Å²) in [5.41, 5.74) is 1.99. The van der Waals surface area contributed by atoms with Crippen LogP contribution in [0.5, 0.6) is 0 Å². The van der Waals surface area contributed by atoms with Gasteiger partial charge in [-0.25, -0.2) is 0 Å². The third kappa shape index (κ3) is 3.97. The van der Waals surface area contributed by atoms with Crippen molar-refractivity contribution in [2.45, 2.75) is 72.3 Å². The van der Waals surface area contributed by atoms with Crippen LogP contribution < -0.4 is 10.6 Å². The zero-order valence-corrected chi connectivity index (χ0v) is 15.4. The van der Waals surface area contributed by atoms with Gasteiger partial charge in [0, 0.05) is 11.7 Å². The van der Waals surface area contributed by atoms with Crippen LogP contribution in [-0.2, 0) is 22.4 Å². The SMILES string of the molecule is CCc1cccc(CC)c1NC(=O)C(C)(C)C(=O)NC1CCCC1. The number of carbonyl (C=O) groups excluding carboxylic acids is 2. The molecule has 2 amide bonds. The third-order valence-electron chi connectivity index (χ3n) is 5.06. The van der Waals surface area contributed by atoms with E-state index in [2.05, 4.69) is 24.5 Å². The standard InChI is InChI=1S/C20H30N2O2/c1-5-14-10-9-11-15(6-2)17(14)22-19(24)20(3,4)18(23)21-16-12-7-8-13-16/h9-11,16H,5-8,12-13H2,1-4H3,(H,21,23)(H,22,24). The molecule has 0 radical (unpaired) electrons. The minimum Gasteiger partial charge on any atom is -0.352 e. The van der Waals surface area contributed by atoms with Gasteiger partial charge in [-0.1, -0.05) is 44.9 Å².